The number of ether oxygens (including phenoxy) is 1. The van der Waals surface area contributed by atoms with Gasteiger partial charge in [-0.15, -0.1) is 0 Å². The van der Waals surface area contributed by atoms with Gasteiger partial charge in [0.1, 0.15) is 6.73 Å². The fourth-order valence-electron chi connectivity index (χ4n) is 3.64. The molecule has 5 nitrogen and oxygen atoms in total. The van der Waals surface area contributed by atoms with Crippen LogP contribution in [0.4, 0.5) is 0 Å². The van der Waals surface area contributed by atoms with E-state index < -0.39 is 0 Å². The fraction of sp³-hybridized carbons (Fsp3) is 0.474. The van der Waals surface area contributed by atoms with E-state index in [0.29, 0.717) is 26.2 Å². The topological polar surface area (TPSA) is 58.3 Å². The SMILES string of the molecule is CC[C@@H](Br)C(=O)N1CCc2c(n(COC)c3cccc(CC#N)c23)C1. The first-order valence-corrected chi connectivity index (χ1v) is 9.44. The van der Waals surface area contributed by atoms with E-state index >= 15 is 0 Å². The summed E-state index contributed by atoms with van der Waals surface area (Å²) in [4.78, 5) is 14.4. The standard InChI is InChI=1S/C19H22BrN3O2/c1-3-15(20)19(24)22-10-8-14-17(11-22)23(12-25-2)16-6-4-5-13(7-9-21)18(14)16/h4-6,15H,3,7-8,10-12H2,1-2H3/t15-/m1/s1. The van der Waals surface area contributed by atoms with Crippen molar-refractivity contribution in [2.24, 2.45) is 0 Å². The summed E-state index contributed by atoms with van der Waals surface area (Å²) in [6, 6.07) is 8.34. The van der Waals surface area contributed by atoms with E-state index in [1.165, 1.54) is 5.56 Å². The van der Waals surface area contributed by atoms with Gasteiger partial charge in [0.15, 0.2) is 0 Å². The molecule has 0 radical (unpaired) electrons. The molecule has 0 spiro atoms. The lowest BCUT2D eigenvalue weighted by atomic mass is 9.98. The normalized spacial score (nSPS) is 15.0. The molecule has 25 heavy (non-hydrogen) atoms. The highest BCUT2D eigenvalue weighted by Crippen LogP contribution is 2.34. The number of fused-ring (bicyclic) bond motifs is 3. The van der Waals surface area contributed by atoms with Crippen LogP contribution in [-0.2, 0) is 35.6 Å². The summed E-state index contributed by atoms with van der Waals surface area (Å²) in [7, 11) is 1.68. The van der Waals surface area contributed by atoms with Gasteiger partial charge in [0.25, 0.3) is 0 Å². The van der Waals surface area contributed by atoms with Gasteiger partial charge in [-0.1, -0.05) is 35.0 Å². The number of hydrogen-bond acceptors (Lipinski definition) is 3. The van der Waals surface area contributed by atoms with Gasteiger partial charge in [-0.05, 0) is 30.0 Å². The van der Waals surface area contributed by atoms with Crippen LogP contribution in [0.3, 0.4) is 0 Å². The number of halogens is 1. The highest BCUT2D eigenvalue weighted by molar-refractivity contribution is 9.10. The quantitative estimate of drug-likeness (QED) is 0.718. The van der Waals surface area contributed by atoms with Crippen molar-refractivity contribution >= 4 is 32.7 Å². The minimum absolute atomic E-state index is 0.136. The van der Waals surface area contributed by atoms with Crippen molar-refractivity contribution in [3.63, 3.8) is 0 Å². The molecule has 2 heterocycles. The lowest BCUT2D eigenvalue weighted by Gasteiger charge is -2.30. The number of carbonyl (C=O) groups excluding carboxylic acids is 1. The predicted octanol–water partition coefficient (Wildman–Crippen LogP) is 3.37. The van der Waals surface area contributed by atoms with E-state index in [2.05, 4.69) is 32.6 Å². The monoisotopic (exact) mass is 403 g/mol. The Kier molecular flexibility index (Phi) is 5.45. The van der Waals surface area contributed by atoms with E-state index in [0.717, 1.165) is 35.0 Å². The Morgan fingerprint density at radius 2 is 2.28 bits per heavy atom. The number of nitrogens with zero attached hydrogens (tertiary/aromatic N) is 3. The predicted molar refractivity (Wildman–Crippen MR) is 100 cm³/mol. The van der Waals surface area contributed by atoms with E-state index in [4.69, 9.17) is 10.00 Å². The van der Waals surface area contributed by atoms with Crippen LogP contribution in [0.2, 0.25) is 0 Å². The summed E-state index contributed by atoms with van der Waals surface area (Å²) in [6.07, 6.45) is 1.97. The van der Waals surface area contributed by atoms with E-state index in [1.54, 1.807) is 7.11 Å². The van der Waals surface area contributed by atoms with Crippen molar-refractivity contribution in [1.29, 1.82) is 5.26 Å². The number of aromatic nitrogens is 1. The number of hydrogen-bond donors (Lipinski definition) is 0. The summed E-state index contributed by atoms with van der Waals surface area (Å²) < 4.78 is 7.55. The maximum Gasteiger partial charge on any atom is 0.236 e. The first-order chi connectivity index (χ1) is 12.1. The first kappa shape index (κ1) is 18.0. The Balaban J connectivity index is 2.10. The molecule has 3 rings (SSSR count). The zero-order valence-electron chi connectivity index (χ0n) is 14.6. The Hall–Kier alpha value is -1.84. The largest absolute Gasteiger partial charge is 0.364 e. The van der Waals surface area contributed by atoms with Gasteiger partial charge in [-0.25, -0.2) is 0 Å². The van der Waals surface area contributed by atoms with Crippen molar-refractivity contribution in [2.75, 3.05) is 13.7 Å². The summed E-state index contributed by atoms with van der Waals surface area (Å²) in [6.45, 7) is 3.74. The van der Waals surface area contributed by atoms with Crippen molar-refractivity contribution in [1.82, 2.24) is 9.47 Å². The molecule has 1 aromatic carbocycles. The molecule has 1 amide bonds. The lowest BCUT2D eigenvalue weighted by molar-refractivity contribution is -0.131. The molecule has 0 N–H and O–H groups in total. The van der Waals surface area contributed by atoms with E-state index in [9.17, 15) is 4.79 Å². The average molecular weight is 404 g/mol. The Labute approximate surface area is 156 Å². The second kappa shape index (κ2) is 7.59. The molecule has 0 unspecified atom stereocenters. The summed E-state index contributed by atoms with van der Waals surface area (Å²) in [5, 5.41) is 10.3. The van der Waals surface area contributed by atoms with Gasteiger partial charge in [-0.2, -0.15) is 5.26 Å². The number of benzene rings is 1. The van der Waals surface area contributed by atoms with Crippen LogP contribution in [0.25, 0.3) is 10.9 Å². The number of methoxy groups -OCH3 is 1. The molecule has 0 bridgehead atoms. The zero-order chi connectivity index (χ0) is 18.0. The smallest absolute Gasteiger partial charge is 0.236 e. The molecule has 0 aliphatic carbocycles. The molecular formula is C19H22BrN3O2. The van der Waals surface area contributed by atoms with Crippen molar-refractivity contribution in [2.45, 2.75) is 44.3 Å². The molecule has 0 saturated carbocycles. The number of rotatable bonds is 5. The van der Waals surface area contributed by atoms with Gasteiger partial charge in [0, 0.05) is 24.7 Å². The van der Waals surface area contributed by atoms with Gasteiger partial charge in [0.05, 0.1) is 29.4 Å². The van der Waals surface area contributed by atoms with Gasteiger partial charge in [0.2, 0.25) is 5.91 Å². The molecule has 1 aliphatic heterocycles. The Morgan fingerprint density at radius 1 is 1.48 bits per heavy atom. The van der Waals surface area contributed by atoms with Gasteiger partial charge < -0.3 is 14.2 Å². The molecule has 0 saturated heterocycles. The van der Waals surface area contributed by atoms with Crippen molar-refractivity contribution < 1.29 is 9.53 Å². The third-order valence-corrected chi connectivity index (χ3v) is 5.87. The third kappa shape index (κ3) is 3.19. The van der Waals surface area contributed by atoms with Gasteiger partial charge >= 0.3 is 0 Å². The maximum atomic E-state index is 12.6. The minimum Gasteiger partial charge on any atom is -0.364 e. The molecule has 1 aromatic heterocycles. The summed E-state index contributed by atoms with van der Waals surface area (Å²) >= 11 is 3.48. The molecule has 1 atom stereocenters. The van der Waals surface area contributed by atoms with E-state index in [1.807, 2.05) is 24.0 Å². The third-order valence-electron chi connectivity index (χ3n) is 4.83. The molecule has 0 fully saturated rings. The second-order valence-corrected chi connectivity index (χ2v) is 7.41. The number of alkyl halides is 1. The highest BCUT2D eigenvalue weighted by Gasteiger charge is 2.29. The molecular weight excluding hydrogens is 382 g/mol. The summed E-state index contributed by atoms with van der Waals surface area (Å²) in [5.41, 5.74) is 4.51. The van der Waals surface area contributed by atoms with Crippen LogP contribution >= 0.6 is 15.9 Å². The van der Waals surface area contributed by atoms with Crippen LogP contribution < -0.4 is 0 Å². The molecule has 132 valence electrons. The van der Waals surface area contributed by atoms with Crippen LogP contribution in [-0.4, -0.2) is 33.9 Å². The van der Waals surface area contributed by atoms with Gasteiger partial charge in [-0.3, -0.25) is 4.79 Å². The zero-order valence-corrected chi connectivity index (χ0v) is 16.2. The number of nitriles is 1. The number of amides is 1. The molecule has 6 heteroatoms. The van der Waals surface area contributed by atoms with E-state index in [-0.39, 0.29) is 10.7 Å². The summed E-state index contributed by atoms with van der Waals surface area (Å²) in [5.74, 6) is 0.139. The second-order valence-electron chi connectivity index (χ2n) is 6.30. The lowest BCUT2D eigenvalue weighted by Crippen LogP contribution is -2.40. The van der Waals surface area contributed by atoms with Crippen LogP contribution in [0.1, 0.15) is 30.2 Å². The molecule has 1 aliphatic rings. The number of carbonyl (C=O) groups is 1. The Bertz CT molecular complexity index is 837. The minimum atomic E-state index is -0.136. The maximum absolute atomic E-state index is 12.6. The highest BCUT2D eigenvalue weighted by atomic mass is 79.9. The Morgan fingerprint density at radius 3 is 2.96 bits per heavy atom. The fourth-order valence-corrected chi connectivity index (χ4v) is 3.93. The average Bonchev–Trinajstić information content (AvgIpc) is 2.95. The van der Waals surface area contributed by atoms with Crippen LogP contribution in [0, 0.1) is 11.3 Å². The van der Waals surface area contributed by atoms with Crippen LogP contribution in [0.5, 0.6) is 0 Å². The van der Waals surface area contributed by atoms with Crippen LogP contribution in [0.15, 0.2) is 18.2 Å². The van der Waals surface area contributed by atoms with Crippen molar-refractivity contribution in [3.05, 3.63) is 35.0 Å². The molecule has 2 aromatic rings. The first-order valence-electron chi connectivity index (χ1n) is 8.52. The van der Waals surface area contributed by atoms with Crippen molar-refractivity contribution in [3.8, 4) is 6.07 Å².